The molecule has 0 saturated carbocycles. The van der Waals surface area contributed by atoms with E-state index >= 15 is 0 Å². The van der Waals surface area contributed by atoms with Crippen LogP contribution in [0.2, 0.25) is 10.0 Å². The molecule has 1 amide bonds. The highest BCUT2D eigenvalue weighted by Gasteiger charge is 2.32. The van der Waals surface area contributed by atoms with Crippen molar-refractivity contribution in [3.63, 3.8) is 0 Å². The molecule has 8 nitrogen and oxygen atoms in total. The van der Waals surface area contributed by atoms with Gasteiger partial charge in [-0.25, -0.2) is 8.42 Å². The molecule has 0 atom stereocenters. The third kappa shape index (κ3) is 4.53. The van der Waals surface area contributed by atoms with Gasteiger partial charge in [0, 0.05) is 37.8 Å². The predicted octanol–water partition coefficient (Wildman–Crippen LogP) is 2.98. The second-order valence-electron chi connectivity index (χ2n) is 6.40. The van der Waals surface area contributed by atoms with Gasteiger partial charge >= 0.3 is 0 Å². The van der Waals surface area contributed by atoms with Gasteiger partial charge in [-0.2, -0.15) is 4.31 Å². The van der Waals surface area contributed by atoms with Gasteiger partial charge in [0.1, 0.15) is 4.90 Å². The Morgan fingerprint density at radius 2 is 1.69 bits per heavy atom. The van der Waals surface area contributed by atoms with Crippen molar-refractivity contribution < 1.29 is 18.1 Å². The van der Waals surface area contributed by atoms with E-state index in [1.807, 2.05) is 0 Å². The first-order chi connectivity index (χ1) is 13.7. The van der Waals surface area contributed by atoms with Gasteiger partial charge in [0.15, 0.2) is 0 Å². The third-order valence-corrected chi connectivity index (χ3v) is 7.53. The quantitative estimate of drug-likeness (QED) is 0.507. The van der Waals surface area contributed by atoms with Gasteiger partial charge < -0.3 is 4.90 Å². The molecular formula is C18H17Cl2N3O5S. The lowest BCUT2D eigenvalue weighted by Gasteiger charge is -2.34. The van der Waals surface area contributed by atoms with Crippen molar-refractivity contribution in [2.75, 3.05) is 26.2 Å². The average Bonchev–Trinajstić information content (AvgIpc) is 2.70. The molecule has 2 aromatic rings. The molecule has 1 heterocycles. The molecule has 0 aromatic heterocycles. The Hall–Kier alpha value is -2.20. The lowest BCUT2D eigenvalue weighted by Crippen LogP contribution is -2.50. The fourth-order valence-electron chi connectivity index (χ4n) is 3.11. The van der Waals surface area contributed by atoms with E-state index in [-0.39, 0.29) is 59.1 Å². The van der Waals surface area contributed by atoms with Crippen LogP contribution in [0.25, 0.3) is 0 Å². The fraction of sp³-hybridized carbons (Fsp3) is 0.278. The maximum Gasteiger partial charge on any atom is 0.273 e. The molecule has 2 aromatic carbocycles. The highest BCUT2D eigenvalue weighted by atomic mass is 35.5. The van der Waals surface area contributed by atoms with Crippen molar-refractivity contribution in [2.45, 2.75) is 11.3 Å². The number of carbonyl (C=O) groups excluding carboxylic acids is 1. The summed E-state index contributed by atoms with van der Waals surface area (Å²) in [4.78, 5) is 24.6. The lowest BCUT2D eigenvalue weighted by molar-refractivity contribution is -0.385. The summed E-state index contributed by atoms with van der Waals surface area (Å²) >= 11 is 12.0. The molecule has 0 radical (unpaired) electrons. The molecule has 1 saturated heterocycles. The summed E-state index contributed by atoms with van der Waals surface area (Å²) < 4.78 is 27.0. The number of carbonyl (C=O) groups is 1. The summed E-state index contributed by atoms with van der Waals surface area (Å²) in [6, 6.07) is 10.5. The number of halogens is 2. The largest absolute Gasteiger partial charge is 0.340 e. The third-order valence-electron chi connectivity index (χ3n) is 4.66. The highest BCUT2D eigenvalue weighted by molar-refractivity contribution is 7.89. The molecule has 0 aliphatic carbocycles. The van der Waals surface area contributed by atoms with E-state index in [1.165, 1.54) is 45.6 Å². The number of para-hydroxylation sites is 1. The van der Waals surface area contributed by atoms with Crippen LogP contribution in [0.15, 0.2) is 47.4 Å². The monoisotopic (exact) mass is 457 g/mol. The van der Waals surface area contributed by atoms with Crippen LogP contribution in [-0.4, -0.2) is 54.6 Å². The van der Waals surface area contributed by atoms with Gasteiger partial charge in [-0.05, 0) is 12.1 Å². The van der Waals surface area contributed by atoms with Crippen molar-refractivity contribution in [2.24, 2.45) is 0 Å². The van der Waals surface area contributed by atoms with Crippen LogP contribution in [0, 0.1) is 10.1 Å². The van der Waals surface area contributed by atoms with E-state index in [1.54, 1.807) is 6.07 Å². The van der Waals surface area contributed by atoms with Gasteiger partial charge in [-0.1, -0.05) is 47.5 Å². The smallest absolute Gasteiger partial charge is 0.273 e. The van der Waals surface area contributed by atoms with Crippen LogP contribution in [0.1, 0.15) is 5.56 Å². The molecular weight excluding hydrogens is 441 g/mol. The van der Waals surface area contributed by atoms with Gasteiger partial charge in [0.25, 0.3) is 5.69 Å². The number of benzene rings is 2. The van der Waals surface area contributed by atoms with Gasteiger partial charge in [0.2, 0.25) is 15.9 Å². The zero-order valence-electron chi connectivity index (χ0n) is 15.1. The van der Waals surface area contributed by atoms with E-state index < -0.39 is 14.9 Å². The molecule has 0 spiro atoms. The zero-order chi connectivity index (χ0) is 21.2. The van der Waals surface area contributed by atoms with Gasteiger partial charge in [-0.15, -0.1) is 0 Å². The summed E-state index contributed by atoms with van der Waals surface area (Å²) in [5.74, 6) is -0.294. The number of sulfonamides is 1. The Kier molecular flexibility index (Phi) is 6.42. The van der Waals surface area contributed by atoms with E-state index in [2.05, 4.69) is 0 Å². The predicted molar refractivity (Wildman–Crippen MR) is 109 cm³/mol. The van der Waals surface area contributed by atoms with E-state index in [4.69, 9.17) is 23.2 Å². The summed E-state index contributed by atoms with van der Waals surface area (Å²) in [5.41, 5.74) is 0.209. The van der Waals surface area contributed by atoms with Crippen LogP contribution in [0.3, 0.4) is 0 Å². The summed E-state index contributed by atoms with van der Waals surface area (Å²) in [5, 5.41) is 11.2. The molecule has 3 rings (SSSR count). The Morgan fingerprint density at radius 1 is 1.03 bits per heavy atom. The molecule has 0 unspecified atom stereocenters. The number of rotatable bonds is 5. The average molecular weight is 458 g/mol. The summed E-state index contributed by atoms with van der Waals surface area (Å²) in [6.07, 6.45) is -0.121. The van der Waals surface area contributed by atoms with Gasteiger partial charge in [-0.3, -0.25) is 14.9 Å². The summed E-state index contributed by atoms with van der Waals surface area (Å²) in [6.45, 7) is 0.537. The second-order valence-corrected chi connectivity index (χ2v) is 9.09. The molecule has 1 fully saturated rings. The molecule has 1 aliphatic rings. The Morgan fingerprint density at radius 3 is 2.34 bits per heavy atom. The van der Waals surface area contributed by atoms with Crippen molar-refractivity contribution in [3.05, 3.63) is 68.2 Å². The first-order valence-corrected chi connectivity index (χ1v) is 10.9. The standard InChI is InChI=1S/C18H17Cl2N3O5S/c19-14-5-3-7-16(18(14)20)29(27,28)22-10-8-21(9-11-22)17(24)12-13-4-1-2-6-15(13)23(25)26/h1-7H,8-12H2. The first-order valence-electron chi connectivity index (χ1n) is 8.66. The number of amides is 1. The number of hydrogen-bond acceptors (Lipinski definition) is 5. The number of nitrogens with zero attached hydrogens (tertiary/aromatic N) is 3. The Bertz CT molecular complexity index is 1050. The summed E-state index contributed by atoms with van der Waals surface area (Å²) in [7, 11) is -3.85. The zero-order valence-corrected chi connectivity index (χ0v) is 17.5. The molecule has 1 aliphatic heterocycles. The Labute approximate surface area is 177 Å². The van der Waals surface area contributed by atoms with Crippen LogP contribution < -0.4 is 0 Å². The molecule has 0 bridgehead atoms. The topological polar surface area (TPSA) is 101 Å². The SMILES string of the molecule is O=C(Cc1ccccc1[N+](=O)[O-])N1CCN(S(=O)(=O)c2cccc(Cl)c2Cl)CC1. The van der Waals surface area contributed by atoms with E-state index in [0.29, 0.717) is 5.56 Å². The van der Waals surface area contributed by atoms with Crippen LogP contribution in [0.4, 0.5) is 5.69 Å². The highest BCUT2D eigenvalue weighted by Crippen LogP contribution is 2.31. The van der Waals surface area contributed by atoms with Crippen molar-refractivity contribution in [3.8, 4) is 0 Å². The molecule has 0 N–H and O–H groups in total. The van der Waals surface area contributed by atoms with Gasteiger partial charge in [0.05, 0.1) is 21.4 Å². The molecule has 29 heavy (non-hydrogen) atoms. The maximum atomic E-state index is 12.9. The van der Waals surface area contributed by atoms with Crippen molar-refractivity contribution >= 4 is 44.8 Å². The number of nitro groups is 1. The second kappa shape index (κ2) is 8.66. The van der Waals surface area contributed by atoms with Crippen molar-refractivity contribution in [1.29, 1.82) is 0 Å². The fourth-order valence-corrected chi connectivity index (χ4v) is 5.27. The lowest BCUT2D eigenvalue weighted by atomic mass is 10.1. The number of hydrogen-bond donors (Lipinski definition) is 0. The van der Waals surface area contributed by atoms with Crippen LogP contribution in [0.5, 0.6) is 0 Å². The van der Waals surface area contributed by atoms with E-state index in [9.17, 15) is 23.3 Å². The van der Waals surface area contributed by atoms with Crippen LogP contribution in [-0.2, 0) is 21.2 Å². The van der Waals surface area contributed by atoms with Crippen LogP contribution >= 0.6 is 23.2 Å². The minimum Gasteiger partial charge on any atom is -0.340 e. The Balaban J connectivity index is 1.68. The van der Waals surface area contributed by atoms with E-state index in [0.717, 1.165) is 0 Å². The van der Waals surface area contributed by atoms with Crippen molar-refractivity contribution in [1.82, 2.24) is 9.21 Å². The minimum absolute atomic E-state index is 0.0379. The number of nitro benzene ring substituents is 1. The molecule has 154 valence electrons. The normalized spacial score (nSPS) is 15.3. The minimum atomic E-state index is -3.85. The molecule has 11 heteroatoms. The number of piperazine rings is 1. The first kappa shape index (κ1) is 21.5. The maximum absolute atomic E-state index is 12.9.